The summed E-state index contributed by atoms with van der Waals surface area (Å²) < 4.78 is 5.17. The zero-order chi connectivity index (χ0) is 37.7. The molecule has 0 fully saturated rings. The number of rotatable bonds is 19. The standard InChI is InChI=1S/C36H38N8O7S2/c1-21(19-51-2)16-28(45)25-9-11-29(31-26(25)4-3-13-38-31)53-52-15-14-37-30(46)12-10-27(36(49)50)44-34(47)22-5-7-23(8-6-22)39-17-24-18-40-33-32(43-24)35(48)42-20-41-33/h3-9,11,13,18,20-21,27,39H,10,12,14-17,19H2,1-2H3,(H,37,46)(H,44,47)(H,49,50)(H,40,41,42,48)/t21?,27-/m0/s1. The van der Waals surface area contributed by atoms with Gasteiger partial charge in [0.15, 0.2) is 16.9 Å². The smallest absolute Gasteiger partial charge is 0.326 e. The molecule has 5 aromatic rings. The predicted octanol–water partition coefficient (Wildman–Crippen LogP) is 4.25. The van der Waals surface area contributed by atoms with Crippen molar-refractivity contribution < 1.29 is 29.0 Å². The molecule has 276 valence electrons. The van der Waals surface area contributed by atoms with Gasteiger partial charge in [-0.3, -0.25) is 24.2 Å². The normalized spacial score (nSPS) is 12.3. The lowest BCUT2D eigenvalue weighted by molar-refractivity contribution is -0.139. The van der Waals surface area contributed by atoms with E-state index in [2.05, 4.69) is 40.9 Å². The zero-order valence-corrected chi connectivity index (χ0v) is 30.6. The second kappa shape index (κ2) is 18.9. The molecule has 0 aliphatic heterocycles. The van der Waals surface area contributed by atoms with Gasteiger partial charge in [0.2, 0.25) is 5.91 Å². The highest BCUT2D eigenvalue weighted by atomic mass is 33.1. The minimum absolute atomic E-state index is 0.0384. The number of carbonyl (C=O) groups excluding carboxylic acids is 3. The number of benzene rings is 2. The van der Waals surface area contributed by atoms with E-state index in [9.17, 15) is 29.1 Å². The molecular formula is C36H38N8O7S2. The van der Waals surface area contributed by atoms with Crippen molar-refractivity contribution in [2.45, 2.75) is 43.7 Å². The molecule has 5 rings (SSSR count). The van der Waals surface area contributed by atoms with Crippen LogP contribution in [-0.2, 0) is 20.9 Å². The van der Waals surface area contributed by atoms with Crippen LogP contribution in [0.1, 0.15) is 52.6 Å². The van der Waals surface area contributed by atoms with Gasteiger partial charge in [0.25, 0.3) is 11.5 Å². The quantitative estimate of drug-likeness (QED) is 0.0452. The Morgan fingerprint density at radius 3 is 2.60 bits per heavy atom. The fourth-order valence-corrected chi connectivity index (χ4v) is 7.38. The van der Waals surface area contributed by atoms with Crippen LogP contribution < -0.4 is 21.5 Å². The Morgan fingerprint density at radius 2 is 1.83 bits per heavy atom. The highest BCUT2D eigenvalue weighted by Gasteiger charge is 2.22. The first-order valence-corrected chi connectivity index (χ1v) is 19.0. The van der Waals surface area contributed by atoms with E-state index in [1.54, 1.807) is 31.5 Å². The van der Waals surface area contributed by atoms with Crippen molar-refractivity contribution in [2.24, 2.45) is 5.92 Å². The van der Waals surface area contributed by atoms with E-state index in [-0.39, 0.29) is 53.7 Å². The minimum atomic E-state index is -1.26. The summed E-state index contributed by atoms with van der Waals surface area (Å²) in [7, 11) is 4.63. The van der Waals surface area contributed by atoms with E-state index in [1.807, 2.05) is 25.1 Å². The number of H-pyrrole nitrogens is 1. The number of Topliss-reactive ketones (excluding diaryl/α,β-unsaturated/α-hetero) is 1. The predicted molar refractivity (Wildman–Crippen MR) is 203 cm³/mol. The largest absolute Gasteiger partial charge is 0.480 e. The fourth-order valence-electron chi connectivity index (χ4n) is 5.33. The number of hydrogen-bond donors (Lipinski definition) is 5. The van der Waals surface area contributed by atoms with Crippen LogP contribution in [-0.4, -0.2) is 85.6 Å². The fraction of sp³-hybridized carbons (Fsp3) is 0.306. The molecule has 15 nitrogen and oxygen atoms in total. The lowest BCUT2D eigenvalue weighted by Gasteiger charge is -2.15. The number of fused-ring (bicyclic) bond motifs is 2. The number of hydrogen-bond acceptors (Lipinski definition) is 13. The van der Waals surface area contributed by atoms with Crippen molar-refractivity contribution in [3.05, 3.63) is 94.4 Å². The molecule has 0 saturated heterocycles. The first kappa shape index (κ1) is 38.8. The number of ether oxygens (including phenoxy) is 1. The third-order valence-electron chi connectivity index (χ3n) is 7.96. The molecule has 0 spiro atoms. The van der Waals surface area contributed by atoms with Gasteiger partial charge in [-0.1, -0.05) is 34.6 Å². The van der Waals surface area contributed by atoms with Crippen LogP contribution in [0, 0.1) is 5.92 Å². The number of pyridine rings is 1. The average molecular weight is 759 g/mol. The number of ketones is 1. The average Bonchev–Trinajstić information content (AvgIpc) is 3.15. The van der Waals surface area contributed by atoms with Crippen LogP contribution in [0.2, 0.25) is 0 Å². The molecule has 0 saturated carbocycles. The molecule has 53 heavy (non-hydrogen) atoms. The Labute approximate surface area is 311 Å². The summed E-state index contributed by atoms with van der Waals surface area (Å²) in [6.45, 7) is 3.09. The number of methoxy groups -OCH3 is 1. The number of carboxylic acid groups (broad SMARTS) is 1. The zero-order valence-electron chi connectivity index (χ0n) is 29.0. The highest BCUT2D eigenvalue weighted by molar-refractivity contribution is 8.76. The SMILES string of the molecule is COCC(C)CC(=O)c1ccc(SSCCNC(=O)CC[C@H](NC(=O)c2ccc(NCc3cnc4nc[nH]c(=O)c4n3)cc2)C(=O)O)c2ncccc12. The number of nitrogens with zero attached hydrogens (tertiary/aromatic N) is 4. The Bertz CT molecular complexity index is 2150. The molecule has 2 amide bonds. The number of amides is 2. The summed E-state index contributed by atoms with van der Waals surface area (Å²) in [6, 6.07) is 12.5. The number of nitrogens with one attached hydrogen (secondary N) is 4. The van der Waals surface area contributed by atoms with Crippen molar-refractivity contribution in [1.29, 1.82) is 0 Å². The molecule has 2 aromatic carbocycles. The number of carboxylic acids is 1. The Hall–Kier alpha value is -5.39. The summed E-state index contributed by atoms with van der Waals surface area (Å²) in [5.41, 5.74) is 2.74. The Balaban J connectivity index is 1.04. The van der Waals surface area contributed by atoms with E-state index in [0.717, 1.165) is 15.8 Å². The molecule has 0 radical (unpaired) electrons. The van der Waals surface area contributed by atoms with Crippen molar-refractivity contribution in [1.82, 2.24) is 35.6 Å². The van der Waals surface area contributed by atoms with Crippen LogP contribution in [0.15, 0.2) is 76.9 Å². The van der Waals surface area contributed by atoms with E-state index >= 15 is 0 Å². The summed E-state index contributed by atoms with van der Waals surface area (Å²) in [6.07, 6.45) is 4.65. The van der Waals surface area contributed by atoms with Crippen LogP contribution in [0.4, 0.5) is 5.69 Å². The summed E-state index contributed by atoms with van der Waals surface area (Å²) in [5.74, 6) is -1.47. The first-order valence-electron chi connectivity index (χ1n) is 16.7. The molecule has 3 heterocycles. The molecule has 1 unspecified atom stereocenters. The number of carbonyl (C=O) groups is 4. The summed E-state index contributed by atoms with van der Waals surface area (Å²) in [5, 5.41) is 18.9. The van der Waals surface area contributed by atoms with Crippen LogP contribution >= 0.6 is 21.6 Å². The third kappa shape index (κ3) is 10.8. The number of aromatic nitrogens is 5. The minimum Gasteiger partial charge on any atom is -0.480 e. The van der Waals surface area contributed by atoms with Crippen molar-refractivity contribution >= 4 is 72.9 Å². The lowest BCUT2D eigenvalue weighted by Crippen LogP contribution is -2.41. The van der Waals surface area contributed by atoms with Gasteiger partial charge in [0.05, 0.1) is 30.3 Å². The van der Waals surface area contributed by atoms with Crippen molar-refractivity contribution in [3.8, 4) is 0 Å². The van der Waals surface area contributed by atoms with Gasteiger partial charge in [0.1, 0.15) is 6.04 Å². The second-order valence-electron chi connectivity index (χ2n) is 12.1. The maximum Gasteiger partial charge on any atom is 0.326 e. The van der Waals surface area contributed by atoms with Gasteiger partial charge in [0, 0.05) is 72.1 Å². The molecule has 0 bridgehead atoms. The maximum atomic E-state index is 13.0. The summed E-state index contributed by atoms with van der Waals surface area (Å²) in [4.78, 5) is 82.4. The molecule has 2 atom stereocenters. The molecule has 17 heteroatoms. The van der Waals surface area contributed by atoms with Crippen LogP contribution in [0.3, 0.4) is 0 Å². The lowest BCUT2D eigenvalue weighted by atomic mass is 9.97. The number of anilines is 1. The second-order valence-corrected chi connectivity index (χ2v) is 14.5. The Kier molecular flexibility index (Phi) is 13.9. The Morgan fingerprint density at radius 1 is 1.02 bits per heavy atom. The van der Waals surface area contributed by atoms with Crippen molar-refractivity contribution in [3.63, 3.8) is 0 Å². The molecular weight excluding hydrogens is 721 g/mol. The first-order chi connectivity index (χ1) is 25.6. The van der Waals surface area contributed by atoms with E-state index in [4.69, 9.17) is 4.74 Å². The van der Waals surface area contributed by atoms with Gasteiger partial charge in [-0.15, -0.1) is 0 Å². The number of aliphatic carboxylic acids is 1. The van der Waals surface area contributed by atoms with E-state index < -0.39 is 23.5 Å². The van der Waals surface area contributed by atoms with E-state index in [1.165, 1.54) is 46.2 Å². The van der Waals surface area contributed by atoms with Gasteiger partial charge in [-0.25, -0.2) is 19.7 Å². The van der Waals surface area contributed by atoms with Gasteiger partial charge < -0.3 is 30.8 Å². The van der Waals surface area contributed by atoms with Crippen LogP contribution in [0.25, 0.3) is 22.1 Å². The maximum absolute atomic E-state index is 13.0. The highest BCUT2D eigenvalue weighted by Crippen LogP contribution is 2.36. The van der Waals surface area contributed by atoms with Crippen molar-refractivity contribution in [2.75, 3.05) is 31.3 Å². The summed E-state index contributed by atoms with van der Waals surface area (Å²) >= 11 is 0. The molecule has 5 N–H and O–H groups in total. The molecule has 3 aromatic heterocycles. The number of aromatic amines is 1. The topological polar surface area (TPSA) is 218 Å². The van der Waals surface area contributed by atoms with Gasteiger partial charge in [-0.2, -0.15) is 0 Å². The molecule has 0 aliphatic carbocycles. The van der Waals surface area contributed by atoms with E-state index in [0.29, 0.717) is 42.3 Å². The third-order valence-corrected chi connectivity index (χ3v) is 10.3. The van der Waals surface area contributed by atoms with Crippen LogP contribution in [0.5, 0.6) is 0 Å². The van der Waals surface area contributed by atoms with Gasteiger partial charge in [-0.05, 0) is 54.8 Å². The monoisotopic (exact) mass is 758 g/mol. The van der Waals surface area contributed by atoms with Gasteiger partial charge >= 0.3 is 5.97 Å². The molecule has 0 aliphatic rings.